The van der Waals surface area contributed by atoms with Gasteiger partial charge in [0.25, 0.3) is 5.91 Å². The number of nitrogens with zero attached hydrogens (tertiary/aromatic N) is 2. The number of hydrogen-bond donors (Lipinski definition) is 1. The number of rotatable bonds is 8. The van der Waals surface area contributed by atoms with E-state index in [0.717, 1.165) is 16.8 Å². The van der Waals surface area contributed by atoms with Gasteiger partial charge >= 0.3 is 6.03 Å². The normalized spacial score (nSPS) is 17.1. The summed E-state index contributed by atoms with van der Waals surface area (Å²) in [6.07, 6.45) is 1.66. The van der Waals surface area contributed by atoms with Gasteiger partial charge in [-0.15, -0.1) is 6.58 Å². The number of nitrogens with one attached hydrogen (secondary N) is 1. The molecule has 1 atom stereocenters. The third-order valence-electron chi connectivity index (χ3n) is 6.36. The molecule has 7 heteroatoms. The minimum Gasteiger partial charge on any atom is -0.497 e. The van der Waals surface area contributed by atoms with Gasteiger partial charge in [0.1, 0.15) is 18.1 Å². The van der Waals surface area contributed by atoms with E-state index in [9.17, 15) is 9.59 Å². The zero-order valence-electron chi connectivity index (χ0n) is 20.0. The van der Waals surface area contributed by atoms with E-state index >= 15 is 0 Å². The van der Waals surface area contributed by atoms with Gasteiger partial charge < -0.3 is 19.7 Å². The summed E-state index contributed by atoms with van der Waals surface area (Å²) in [5.74, 6) is 1.22. The van der Waals surface area contributed by atoms with Crippen molar-refractivity contribution < 1.29 is 19.1 Å². The molecule has 0 spiro atoms. The first-order chi connectivity index (χ1) is 17.6. The van der Waals surface area contributed by atoms with E-state index in [1.165, 1.54) is 0 Å². The van der Waals surface area contributed by atoms with Crippen LogP contribution in [0.5, 0.6) is 11.5 Å². The van der Waals surface area contributed by atoms with Gasteiger partial charge in [-0.3, -0.25) is 9.69 Å². The van der Waals surface area contributed by atoms with Crippen LogP contribution in [0.15, 0.2) is 103 Å². The Bertz CT molecular complexity index is 1320. The van der Waals surface area contributed by atoms with E-state index in [4.69, 9.17) is 9.47 Å². The molecule has 7 nitrogen and oxygen atoms in total. The molecule has 0 bridgehead atoms. The molecule has 1 unspecified atom stereocenters. The Morgan fingerprint density at radius 2 is 1.78 bits per heavy atom. The molecule has 2 heterocycles. The van der Waals surface area contributed by atoms with Crippen molar-refractivity contribution in [3.05, 3.63) is 114 Å². The topological polar surface area (TPSA) is 71.1 Å². The first-order valence-electron chi connectivity index (χ1n) is 11.7. The first-order valence-corrected chi connectivity index (χ1v) is 11.7. The molecule has 0 radical (unpaired) electrons. The van der Waals surface area contributed by atoms with Crippen molar-refractivity contribution in [2.75, 3.05) is 25.1 Å². The van der Waals surface area contributed by atoms with E-state index in [0.29, 0.717) is 42.5 Å². The Labute approximate surface area is 210 Å². The summed E-state index contributed by atoms with van der Waals surface area (Å²) < 4.78 is 11.3. The van der Waals surface area contributed by atoms with Crippen LogP contribution >= 0.6 is 0 Å². The highest BCUT2D eigenvalue weighted by atomic mass is 16.5. The highest BCUT2D eigenvalue weighted by Crippen LogP contribution is 2.39. The highest BCUT2D eigenvalue weighted by molar-refractivity contribution is 6.11. The van der Waals surface area contributed by atoms with Crippen molar-refractivity contribution in [1.29, 1.82) is 0 Å². The standard InChI is InChI=1S/C29H27N3O4/c1-3-16-31-25-18-32(22-12-14-23(35-2)15-13-22)28(33)26(25)27(30-29(31)34)21-10-7-11-24(17-21)36-19-20-8-5-4-6-9-20/h3-15,17,27H,1,16,18-19H2,2H3,(H,30,34). The third-order valence-corrected chi connectivity index (χ3v) is 6.36. The van der Waals surface area contributed by atoms with E-state index in [2.05, 4.69) is 11.9 Å². The average molecular weight is 482 g/mol. The number of hydrogen-bond acceptors (Lipinski definition) is 4. The molecule has 0 saturated heterocycles. The average Bonchev–Trinajstić information content (AvgIpc) is 3.26. The fraction of sp³-hybridized carbons (Fsp3) is 0.172. The molecule has 2 aliphatic heterocycles. The molecule has 0 aromatic heterocycles. The fourth-order valence-corrected chi connectivity index (χ4v) is 4.56. The summed E-state index contributed by atoms with van der Waals surface area (Å²) in [6, 6.07) is 23.9. The zero-order valence-corrected chi connectivity index (χ0v) is 20.0. The molecule has 0 aliphatic carbocycles. The third kappa shape index (κ3) is 4.43. The van der Waals surface area contributed by atoms with Gasteiger partial charge in [-0.1, -0.05) is 48.5 Å². The van der Waals surface area contributed by atoms with Crippen LogP contribution in [0, 0.1) is 0 Å². The van der Waals surface area contributed by atoms with Crippen LogP contribution in [-0.2, 0) is 11.4 Å². The Morgan fingerprint density at radius 3 is 2.50 bits per heavy atom. The van der Waals surface area contributed by atoms with Crippen LogP contribution in [0.1, 0.15) is 17.2 Å². The summed E-state index contributed by atoms with van der Waals surface area (Å²) in [6.45, 7) is 4.80. The van der Waals surface area contributed by atoms with Crippen LogP contribution in [-0.4, -0.2) is 37.0 Å². The first kappa shape index (κ1) is 23.2. The van der Waals surface area contributed by atoms with E-state index < -0.39 is 6.04 Å². The highest BCUT2D eigenvalue weighted by Gasteiger charge is 2.44. The molecule has 3 aromatic carbocycles. The van der Waals surface area contributed by atoms with E-state index in [1.54, 1.807) is 23.0 Å². The minimum absolute atomic E-state index is 0.148. The van der Waals surface area contributed by atoms with Gasteiger partial charge in [-0.2, -0.15) is 0 Å². The number of methoxy groups -OCH3 is 1. The second-order valence-corrected chi connectivity index (χ2v) is 8.58. The van der Waals surface area contributed by atoms with Crippen molar-refractivity contribution in [2.24, 2.45) is 0 Å². The van der Waals surface area contributed by atoms with Crippen LogP contribution < -0.4 is 19.7 Å². The number of urea groups is 1. The zero-order chi connectivity index (χ0) is 25.1. The summed E-state index contributed by atoms with van der Waals surface area (Å²) in [7, 11) is 1.60. The lowest BCUT2D eigenvalue weighted by atomic mass is 9.95. The molecule has 5 rings (SSSR count). The van der Waals surface area contributed by atoms with Gasteiger partial charge in [0.2, 0.25) is 0 Å². The summed E-state index contributed by atoms with van der Waals surface area (Å²) in [5, 5.41) is 3.02. The van der Waals surface area contributed by atoms with Crippen LogP contribution in [0.2, 0.25) is 0 Å². The van der Waals surface area contributed by atoms with Gasteiger partial charge in [-0.05, 0) is 47.5 Å². The summed E-state index contributed by atoms with van der Waals surface area (Å²) in [5.41, 5.74) is 3.80. The molecule has 182 valence electrons. The van der Waals surface area contributed by atoms with Crippen LogP contribution in [0.4, 0.5) is 10.5 Å². The summed E-state index contributed by atoms with van der Waals surface area (Å²) >= 11 is 0. The maximum atomic E-state index is 13.7. The Morgan fingerprint density at radius 1 is 1.00 bits per heavy atom. The van der Waals surface area contributed by atoms with Crippen molar-refractivity contribution in [1.82, 2.24) is 10.2 Å². The van der Waals surface area contributed by atoms with Crippen molar-refractivity contribution in [2.45, 2.75) is 12.6 Å². The maximum Gasteiger partial charge on any atom is 0.322 e. The number of benzene rings is 3. The second kappa shape index (κ2) is 10.00. The van der Waals surface area contributed by atoms with Gasteiger partial charge in [0, 0.05) is 12.2 Å². The largest absolute Gasteiger partial charge is 0.497 e. The lowest BCUT2D eigenvalue weighted by Crippen LogP contribution is -2.47. The van der Waals surface area contributed by atoms with Crippen LogP contribution in [0.25, 0.3) is 0 Å². The number of ether oxygens (including phenoxy) is 2. The van der Waals surface area contributed by atoms with Crippen molar-refractivity contribution in [3.8, 4) is 11.5 Å². The Balaban J connectivity index is 1.46. The predicted octanol–water partition coefficient (Wildman–Crippen LogP) is 4.83. The van der Waals surface area contributed by atoms with Gasteiger partial charge in [-0.25, -0.2) is 4.79 Å². The molecule has 0 fully saturated rings. The minimum atomic E-state index is -0.593. The predicted molar refractivity (Wildman–Crippen MR) is 138 cm³/mol. The fourth-order valence-electron chi connectivity index (χ4n) is 4.56. The van der Waals surface area contributed by atoms with Gasteiger partial charge in [0.15, 0.2) is 0 Å². The lowest BCUT2D eigenvalue weighted by Gasteiger charge is -2.33. The molecular formula is C29H27N3O4. The number of carbonyl (C=O) groups excluding carboxylic acids is 2. The number of carbonyl (C=O) groups is 2. The van der Waals surface area contributed by atoms with E-state index in [1.807, 2.05) is 78.9 Å². The van der Waals surface area contributed by atoms with Crippen LogP contribution in [0.3, 0.4) is 0 Å². The molecule has 0 saturated carbocycles. The Kier molecular flexibility index (Phi) is 6.45. The maximum absolute atomic E-state index is 13.7. The number of amides is 3. The Hall–Kier alpha value is -4.52. The molecule has 1 N–H and O–H groups in total. The molecule has 36 heavy (non-hydrogen) atoms. The van der Waals surface area contributed by atoms with Gasteiger partial charge in [0.05, 0.1) is 31.0 Å². The summed E-state index contributed by atoms with van der Waals surface area (Å²) in [4.78, 5) is 30.1. The van der Waals surface area contributed by atoms with Crippen molar-refractivity contribution in [3.63, 3.8) is 0 Å². The quantitative estimate of drug-likeness (QED) is 0.468. The second-order valence-electron chi connectivity index (χ2n) is 8.58. The SMILES string of the molecule is C=CCN1C(=O)NC(c2cccc(OCc3ccccc3)c2)C2=C1CN(c1ccc(OC)cc1)C2=O. The number of anilines is 1. The van der Waals surface area contributed by atoms with Crippen molar-refractivity contribution >= 4 is 17.6 Å². The van der Waals surface area contributed by atoms with E-state index in [-0.39, 0.29) is 11.9 Å². The molecule has 3 amide bonds. The smallest absolute Gasteiger partial charge is 0.322 e. The lowest BCUT2D eigenvalue weighted by molar-refractivity contribution is -0.114. The molecular weight excluding hydrogens is 454 g/mol. The molecule has 3 aromatic rings. The monoisotopic (exact) mass is 481 g/mol. The molecule has 2 aliphatic rings.